The lowest BCUT2D eigenvalue weighted by molar-refractivity contribution is 0.238. The van der Waals surface area contributed by atoms with Crippen LogP contribution in [0.5, 0.6) is 0 Å². The lowest BCUT2D eigenvalue weighted by Gasteiger charge is -2.25. The summed E-state index contributed by atoms with van der Waals surface area (Å²) in [5.74, 6) is 0.140. The summed E-state index contributed by atoms with van der Waals surface area (Å²) in [5.41, 5.74) is 2.06. The van der Waals surface area contributed by atoms with Crippen LogP contribution < -0.4 is 10.2 Å². The molecule has 4 heteroatoms. The first-order valence-electron chi connectivity index (χ1n) is 6.48. The Morgan fingerprint density at radius 2 is 2.33 bits per heavy atom. The van der Waals surface area contributed by atoms with E-state index in [2.05, 4.69) is 10.2 Å². The van der Waals surface area contributed by atoms with Crippen molar-refractivity contribution in [3.63, 3.8) is 0 Å². The highest BCUT2D eigenvalue weighted by Crippen LogP contribution is 2.31. The number of anilines is 1. The van der Waals surface area contributed by atoms with Crippen molar-refractivity contribution in [2.45, 2.75) is 19.4 Å². The van der Waals surface area contributed by atoms with Gasteiger partial charge in [0, 0.05) is 37.3 Å². The van der Waals surface area contributed by atoms with Crippen LogP contribution in [-0.2, 0) is 0 Å². The third-order valence-corrected chi connectivity index (χ3v) is 3.77. The number of nitrogens with zero attached hydrogens (tertiary/aromatic N) is 1. The monoisotopic (exact) mass is 252 g/mol. The number of rotatable bonds is 4. The van der Waals surface area contributed by atoms with Crippen molar-refractivity contribution in [2.75, 3.05) is 31.6 Å². The molecule has 1 aliphatic heterocycles. The zero-order valence-electron chi connectivity index (χ0n) is 11.0. The topological polar surface area (TPSA) is 35.5 Å². The molecule has 100 valence electrons. The number of halogens is 1. The number of benzene rings is 1. The van der Waals surface area contributed by atoms with E-state index >= 15 is 0 Å². The van der Waals surface area contributed by atoms with Gasteiger partial charge in [0.2, 0.25) is 0 Å². The summed E-state index contributed by atoms with van der Waals surface area (Å²) in [7, 11) is 1.87. The Bertz CT molecular complexity index is 411. The van der Waals surface area contributed by atoms with Crippen molar-refractivity contribution < 1.29 is 9.50 Å². The first kappa shape index (κ1) is 13.3. The molecule has 1 heterocycles. The van der Waals surface area contributed by atoms with E-state index in [0.29, 0.717) is 5.92 Å². The first-order valence-corrected chi connectivity index (χ1v) is 6.48. The van der Waals surface area contributed by atoms with Crippen molar-refractivity contribution in [2.24, 2.45) is 5.92 Å². The second kappa shape index (κ2) is 5.67. The van der Waals surface area contributed by atoms with Gasteiger partial charge in [0.05, 0.1) is 0 Å². The highest BCUT2D eigenvalue weighted by molar-refractivity contribution is 5.56. The molecule has 1 fully saturated rings. The minimum atomic E-state index is -0.200. The van der Waals surface area contributed by atoms with Gasteiger partial charge < -0.3 is 15.3 Å². The average molecular weight is 252 g/mol. The molecule has 1 aromatic carbocycles. The summed E-state index contributed by atoms with van der Waals surface area (Å²) in [6, 6.07) is 5.07. The second-order valence-electron chi connectivity index (χ2n) is 5.00. The van der Waals surface area contributed by atoms with Gasteiger partial charge in [-0.15, -0.1) is 0 Å². The standard InChI is InChI=1S/C14H21FN2O/c1-10(16-2)13-7-12(15)3-4-14(13)17-6-5-11(8-17)9-18/h3-4,7,10-11,16,18H,5-6,8-9H2,1-2H3. The van der Waals surface area contributed by atoms with Gasteiger partial charge in [-0.3, -0.25) is 0 Å². The Balaban J connectivity index is 2.27. The van der Waals surface area contributed by atoms with E-state index in [-0.39, 0.29) is 18.5 Å². The normalized spacial score (nSPS) is 21.3. The summed E-state index contributed by atoms with van der Waals surface area (Å²) < 4.78 is 13.4. The Morgan fingerprint density at radius 3 is 2.94 bits per heavy atom. The van der Waals surface area contributed by atoms with E-state index in [1.807, 2.05) is 20.0 Å². The predicted octanol–water partition coefficient (Wildman–Crippen LogP) is 1.92. The van der Waals surface area contributed by atoms with E-state index in [1.54, 1.807) is 6.07 Å². The molecular weight excluding hydrogens is 231 g/mol. The van der Waals surface area contributed by atoms with Crippen LogP contribution in [-0.4, -0.2) is 31.9 Å². The van der Waals surface area contributed by atoms with Gasteiger partial charge in [0.1, 0.15) is 5.82 Å². The third kappa shape index (κ3) is 2.65. The summed E-state index contributed by atoms with van der Waals surface area (Å²) >= 11 is 0. The zero-order chi connectivity index (χ0) is 13.1. The van der Waals surface area contributed by atoms with Crippen molar-refractivity contribution >= 4 is 5.69 Å². The second-order valence-corrected chi connectivity index (χ2v) is 5.00. The fourth-order valence-electron chi connectivity index (χ4n) is 2.52. The molecule has 2 rings (SSSR count). The third-order valence-electron chi connectivity index (χ3n) is 3.77. The Morgan fingerprint density at radius 1 is 1.56 bits per heavy atom. The molecule has 18 heavy (non-hydrogen) atoms. The first-order chi connectivity index (χ1) is 8.65. The summed E-state index contributed by atoms with van der Waals surface area (Å²) in [4.78, 5) is 2.24. The van der Waals surface area contributed by atoms with Crippen LogP contribution in [0.3, 0.4) is 0 Å². The van der Waals surface area contributed by atoms with E-state index in [1.165, 1.54) is 6.07 Å². The van der Waals surface area contributed by atoms with Gasteiger partial charge in [-0.05, 0) is 44.2 Å². The highest BCUT2D eigenvalue weighted by atomic mass is 19.1. The molecule has 2 N–H and O–H groups in total. The zero-order valence-corrected chi connectivity index (χ0v) is 11.0. The van der Waals surface area contributed by atoms with E-state index in [4.69, 9.17) is 0 Å². The predicted molar refractivity (Wildman–Crippen MR) is 71.3 cm³/mol. The average Bonchev–Trinajstić information content (AvgIpc) is 2.86. The molecule has 1 aliphatic rings. The Kier molecular flexibility index (Phi) is 4.19. The number of aliphatic hydroxyl groups is 1. The SMILES string of the molecule is CNC(C)c1cc(F)ccc1N1CCC(CO)C1. The van der Waals surface area contributed by atoms with Crippen molar-refractivity contribution in [1.82, 2.24) is 5.32 Å². The van der Waals surface area contributed by atoms with Crippen LogP contribution in [0, 0.1) is 11.7 Å². The maximum absolute atomic E-state index is 13.4. The van der Waals surface area contributed by atoms with Gasteiger partial charge in [-0.25, -0.2) is 4.39 Å². The van der Waals surface area contributed by atoms with Gasteiger partial charge in [-0.2, -0.15) is 0 Å². The van der Waals surface area contributed by atoms with Crippen LogP contribution in [0.1, 0.15) is 24.9 Å². The van der Waals surface area contributed by atoms with Crippen LogP contribution in [0.4, 0.5) is 10.1 Å². The molecule has 0 bridgehead atoms. The number of nitrogens with one attached hydrogen (secondary N) is 1. The van der Waals surface area contributed by atoms with Crippen LogP contribution in [0.25, 0.3) is 0 Å². The molecule has 0 aliphatic carbocycles. The molecule has 0 saturated carbocycles. The van der Waals surface area contributed by atoms with Crippen molar-refractivity contribution in [3.05, 3.63) is 29.6 Å². The van der Waals surface area contributed by atoms with Gasteiger partial charge in [0.15, 0.2) is 0 Å². The van der Waals surface area contributed by atoms with E-state index < -0.39 is 0 Å². The maximum Gasteiger partial charge on any atom is 0.123 e. The quantitative estimate of drug-likeness (QED) is 0.859. The smallest absolute Gasteiger partial charge is 0.123 e. The molecule has 0 aromatic heterocycles. The lowest BCUT2D eigenvalue weighted by atomic mass is 10.0. The molecule has 3 nitrogen and oxygen atoms in total. The number of hydrogen-bond donors (Lipinski definition) is 2. The molecule has 2 atom stereocenters. The molecule has 0 spiro atoms. The highest BCUT2D eigenvalue weighted by Gasteiger charge is 2.24. The van der Waals surface area contributed by atoms with Crippen LogP contribution in [0.2, 0.25) is 0 Å². The fraction of sp³-hybridized carbons (Fsp3) is 0.571. The lowest BCUT2D eigenvalue weighted by Crippen LogP contribution is -2.24. The van der Waals surface area contributed by atoms with Gasteiger partial charge in [-0.1, -0.05) is 0 Å². The number of hydrogen-bond acceptors (Lipinski definition) is 3. The van der Waals surface area contributed by atoms with Crippen molar-refractivity contribution in [3.8, 4) is 0 Å². The molecule has 1 aromatic rings. The Labute approximate surface area is 108 Å². The van der Waals surface area contributed by atoms with Crippen LogP contribution in [0.15, 0.2) is 18.2 Å². The van der Waals surface area contributed by atoms with E-state index in [0.717, 1.165) is 30.8 Å². The molecule has 0 radical (unpaired) electrons. The van der Waals surface area contributed by atoms with Crippen molar-refractivity contribution in [1.29, 1.82) is 0 Å². The largest absolute Gasteiger partial charge is 0.396 e. The van der Waals surface area contributed by atoms with Crippen LogP contribution >= 0.6 is 0 Å². The fourth-order valence-corrected chi connectivity index (χ4v) is 2.52. The molecule has 2 unspecified atom stereocenters. The maximum atomic E-state index is 13.4. The summed E-state index contributed by atoms with van der Waals surface area (Å²) in [6.45, 7) is 4.04. The summed E-state index contributed by atoms with van der Waals surface area (Å²) in [5, 5.41) is 12.4. The molecular formula is C14H21FN2O. The minimum absolute atomic E-state index is 0.115. The molecule has 1 saturated heterocycles. The minimum Gasteiger partial charge on any atom is -0.396 e. The van der Waals surface area contributed by atoms with E-state index in [9.17, 15) is 9.50 Å². The van der Waals surface area contributed by atoms with Gasteiger partial charge >= 0.3 is 0 Å². The summed E-state index contributed by atoms with van der Waals surface area (Å²) in [6.07, 6.45) is 1.00. The Hall–Kier alpha value is -1.13. The molecule has 0 amide bonds. The number of aliphatic hydroxyl groups excluding tert-OH is 1. The van der Waals surface area contributed by atoms with Gasteiger partial charge in [0.25, 0.3) is 0 Å².